The zero-order valence-corrected chi connectivity index (χ0v) is 13.1. The molecule has 1 saturated heterocycles. The van der Waals surface area contributed by atoms with Gasteiger partial charge in [-0.15, -0.1) is 5.10 Å². The Balaban J connectivity index is 2.17. The van der Waals surface area contributed by atoms with Gasteiger partial charge < -0.3 is 4.74 Å². The number of aromatic nitrogens is 4. The minimum Gasteiger partial charge on any atom is -0.383 e. The molecule has 0 bridgehead atoms. The molecule has 0 N–H and O–H groups in total. The molecule has 2 heterocycles. The Morgan fingerprint density at radius 2 is 2.20 bits per heavy atom. The van der Waals surface area contributed by atoms with E-state index in [9.17, 15) is 0 Å². The fourth-order valence-corrected chi connectivity index (χ4v) is 3.12. The molecule has 1 aliphatic rings. The molecule has 0 spiro atoms. The van der Waals surface area contributed by atoms with Crippen LogP contribution < -0.4 is 0 Å². The summed E-state index contributed by atoms with van der Waals surface area (Å²) in [5, 5.41) is 12.3. The van der Waals surface area contributed by atoms with Crippen LogP contribution in [0, 0.1) is 11.8 Å². The summed E-state index contributed by atoms with van der Waals surface area (Å²) < 4.78 is 7.04. The first-order valence-electron chi connectivity index (χ1n) is 7.62. The predicted molar refractivity (Wildman–Crippen MR) is 77.2 cm³/mol. The number of hydrogen-bond acceptors (Lipinski definition) is 5. The van der Waals surface area contributed by atoms with E-state index in [1.165, 1.54) is 12.8 Å². The van der Waals surface area contributed by atoms with Gasteiger partial charge in [0, 0.05) is 13.7 Å². The minimum atomic E-state index is 0.296. The number of tetrazole rings is 1. The molecule has 2 rings (SSSR count). The van der Waals surface area contributed by atoms with Gasteiger partial charge in [-0.2, -0.15) is 0 Å². The molecule has 0 amide bonds. The van der Waals surface area contributed by atoms with Crippen LogP contribution in [-0.2, 0) is 11.3 Å². The van der Waals surface area contributed by atoms with Crippen molar-refractivity contribution in [2.24, 2.45) is 11.8 Å². The molecule has 2 atom stereocenters. The van der Waals surface area contributed by atoms with Crippen molar-refractivity contribution in [2.45, 2.75) is 46.2 Å². The molecule has 1 aromatic heterocycles. The van der Waals surface area contributed by atoms with Crippen molar-refractivity contribution in [2.75, 3.05) is 26.8 Å². The van der Waals surface area contributed by atoms with E-state index in [0.29, 0.717) is 25.1 Å². The second-order valence-corrected chi connectivity index (χ2v) is 6.18. The van der Waals surface area contributed by atoms with E-state index in [0.717, 1.165) is 24.8 Å². The normalized spacial score (nSPS) is 22.4. The van der Waals surface area contributed by atoms with Crippen LogP contribution >= 0.6 is 0 Å². The summed E-state index contributed by atoms with van der Waals surface area (Å²) in [7, 11) is 1.70. The van der Waals surface area contributed by atoms with Gasteiger partial charge in [-0.25, -0.2) is 4.68 Å². The Morgan fingerprint density at radius 3 is 2.85 bits per heavy atom. The largest absolute Gasteiger partial charge is 0.383 e. The van der Waals surface area contributed by atoms with Crippen LogP contribution in [0.1, 0.15) is 45.5 Å². The summed E-state index contributed by atoms with van der Waals surface area (Å²) in [5.74, 6) is 2.23. The van der Waals surface area contributed by atoms with Crippen LogP contribution in [0.3, 0.4) is 0 Å². The van der Waals surface area contributed by atoms with Gasteiger partial charge in [0.15, 0.2) is 5.82 Å². The van der Waals surface area contributed by atoms with E-state index in [1.807, 2.05) is 4.68 Å². The molecule has 20 heavy (non-hydrogen) atoms. The van der Waals surface area contributed by atoms with E-state index in [4.69, 9.17) is 4.74 Å². The first kappa shape index (κ1) is 15.4. The van der Waals surface area contributed by atoms with Crippen LogP contribution in [0.2, 0.25) is 0 Å². The molecule has 0 aliphatic carbocycles. The predicted octanol–water partition coefficient (Wildman–Crippen LogP) is 1.75. The second-order valence-electron chi connectivity index (χ2n) is 6.18. The minimum absolute atomic E-state index is 0.296. The lowest BCUT2D eigenvalue weighted by atomic mass is 9.94. The number of piperidine rings is 1. The topological polar surface area (TPSA) is 56.1 Å². The first-order chi connectivity index (χ1) is 9.63. The molecule has 0 aromatic carbocycles. The quantitative estimate of drug-likeness (QED) is 0.795. The first-order valence-corrected chi connectivity index (χ1v) is 7.62. The maximum absolute atomic E-state index is 5.14. The number of hydrogen-bond donors (Lipinski definition) is 0. The van der Waals surface area contributed by atoms with Gasteiger partial charge in [0.25, 0.3) is 0 Å². The van der Waals surface area contributed by atoms with Crippen LogP contribution in [0.25, 0.3) is 0 Å². The lowest BCUT2D eigenvalue weighted by molar-refractivity contribution is 0.0903. The molecule has 1 fully saturated rings. The molecule has 6 heteroatoms. The fraction of sp³-hybridized carbons (Fsp3) is 0.929. The molecular formula is C14H27N5O. The summed E-state index contributed by atoms with van der Waals surface area (Å²) in [4.78, 5) is 2.55. The standard InChI is InChI=1S/C14H27N5O/c1-11(2)13(18-7-5-6-12(3)10-18)14-15-16-17-19(14)8-9-20-4/h11-13H,5-10H2,1-4H3/t12-,13+/m1/s1. The summed E-state index contributed by atoms with van der Waals surface area (Å²) >= 11 is 0. The van der Waals surface area contributed by atoms with E-state index < -0.39 is 0 Å². The highest BCUT2D eigenvalue weighted by atomic mass is 16.5. The third-order valence-corrected chi connectivity index (χ3v) is 4.04. The Bertz CT molecular complexity index is 406. The van der Waals surface area contributed by atoms with Gasteiger partial charge in [0.1, 0.15) is 0 Å². The molecule has 0 saturated carbocycles. The highest BCUT2D eigenvalue weighted by molar-refractivity contribution is 4.96. The monoisotopic (exact) mass is 281 g/mol. The lowest BCUT2D eigenvalue weighted by Gasteiger charge is -2.38. The highest BCUT2D eigenvalue weighted by Gasteiger charge is 2.31. The van der Waals surface area contributed by atoms with Crippen molar-refractivity contribution in [1.82, 2.24) is 25.1 Å². The third-order valence-electron chi connectivity index (χ3n) is 4.04. The molecule has 114 valence electrons. The fourth-order valence-electron chi connectivity index (χ4n) is 3.12. The zero-order valence-electron chi connectivity index (χ0n) is 13.1. The van der Waals surface area contributed by atoms with Gasteiger partial charge in [-0.3, -0.25) is 4.90 Å². The van der Waals surface area contributed by atoms with Crippen LogP contribution in [0.4, 0.5) is 0 Å². The molecule has 6 nitrogen and oxygen atoms in total. The SMILES string of the molecule is COCCn1nnnc1[C@H](C(C)C)N1CCC[C@@H](C)C1. The van der Waals surface area contributed by atoms with E-state index in [1.54, 1.807) is 7.11 Å². The summed E-state index contributed by atoms with van der Waals surface area (Å²) in [5.41, 5.74) is 0. The Labute approximate surface area is 121 Å². The molecule has 0 unspecified atom stereocenters. The van der Waals surface area contributed by atoms with Crippen LogP contribution in [0.15, 0.2) is 0 Å². The average molecular weight is 281 g/mol. The maximum Gasteiger partial charge on any atom is 0.168 e. The van der Waals surface area contributed by atoms with Crippen molar-refractivity contribution in [3.8, 4) is 0 Å². The summed E-state index contributed by atoms with van der Waals surface area (Å²) in [6.45, 7) is 10.5. The molecular weight excluding hydrogens is 254 g/mol. The van der Waals surface area contributed by atoms with Gasteiger partial charge >= 0.3 is 0 Å². The zero-order chi connectivity index (χ0) is 14.5. The number of rotatable bonds is 6. The summed E-state index contributed by atoms with van der Waals surface area (Å²) in [6, 6.07) is 0.296. The number of methoxy groups -OCH3 is 1. The van der Waals surface area contributed by atoms with Crippen molar-refractivity contribution in [1.29, 1.82) is 0 Å². The van der Waals surface area contributed by atoms with Gasteiger partial charge in [-0.05, 0) is 41.6 Å². The maximum atomic E-state index is 5.14. The van der Waals surface area contributed by atoms with Gasteiger partial charge in [0.05, 0.1) is 19.2 Å². The van der Waals surface area contributed by atoms with Gasteiger partial charge in [0.2, 0.25) is 0 Å². The molecule has 1 aromatic rings. The van der Waals surface area contributed by atoms with Crippen molar-refractivity contribution < 1.29 is 4.74 Å². The second kappa shape index (κ2) is 7.13. The Kier molecular flexibility index (Phi) is 5.48. The van der Waals surface area contributed by atoms with E-state index >= 15 is 0 Å². The van der Waals surface area contributed by atoms with Crippen LogP contribution in [0.5, 0.6) is 0 Å². The lowest BCUT2D eigenvalue weighted by Crippen LogP contribution is -2.40. The van der Waals surface area contributed by atoms with Crippen molar-refractivity contribution in [3.63, 3.8) is 0 Å². The van der Waals surface area contributed by atoms with Gasteiger partial charge in [-0.1, -0.05) is 20.8 Å². The molecule has 0 radical (unpaired) electrons. The average Bonchev–Trinajstić information content (AvgIpc) is 2.84. The number of nitrogens with zero attached hydrogens (tertiary/aromatic N) is 5. The third kappa shape index (κ3) is 3.55. The summed E-state index contributed by atoms with van der Waals surface area (Å²) in [6.07, 6.45) is 2.60. The van der Waals surface area contributed by atoms with Crippen molar-refractivity contribution in [3.05, 3.63) is 5.82 Å². The van der Waals surface area contributed by atoms with E-state index in [-0.39, 0.29) is 0 Å². The molecule has 1 aliphatic heterocycles. The van der Waals surface area contributed by atoms with E-state index in [2.05, 4.69) is 41.2 Å². The number of likely N-dealkylation sites (tertiary alicyclic amines) is 1. The number of ether oxygens (including phenoxy) is 1. The van der Waals surface area contributed by atoms with Crippen molar-refractivity contribution >= 4 is 0 Å². The Morgan fingerprint density at radius 1 is 1.40 bits per heavy atom. The highest BCUT2D eigenvalue weighted by Crippen LogP contribution is 2.30. The Hall–Kier alpha value is -1.01. The van der Waals surface area contributed by atoms with Crippen LogP contribution in [-0.4, -0.2) is 51.9 Å². The smallest absolute Gasteiger partial charge is 0.168 e.